The molecule has 0 aromatic carbocycles. The van der Waals surface area contributed by atoms with Crippen LogP contribution >= 0.6 is 30.1 Å². The Kier molecular flexibility index (Phi) is 7.44. The van der Waals surface area contributed by atoms with E-state index in [1.165, 1.54) is 32.1 Å². The zero-order chi connectivity index (χ0) is 19.6. The van der Waals surface area contributed by atoms with Gasteiger partial charge in [0.1, 0.15) is 0 Å². The maximum Gasteiger partial charge on any atom is 0.487 e. The largest absolute Gasteiger partial charge is 0.487 e. The number of hydrogen-bond donors (Lipinski definition) is 0. The van der Waals surface area contributed by atoms with Gasteiger partial charge >= 0.3 is 7.12 Å². The maximum atomic E-state index is 6.21. The highest BCUT2D eigenvalue weighted by molar-refractivity contribution is 14.2. The molecule has 5 heteroatoms. The molecule has 2 nitrogen and oxygen atoms in total. The molecule has 3 atom stereocenters. The summed E-state index contributed by atoms with van der Waals surface area (Å²) in [6.45, 7) is 17.0. The molecule has 3 unspecified atom stereocenters. The summed E-state index contributed by atoms with van der Waals surface area (Å²) in [7, 11) is 1.40. The quantitative estimate of drug-likeness (QED) is 0.180. The van der Waals surface area contributed by atoms with Crippen LogP contribution < -0.4 is 0 Å². The van der Waals surface area contributed by atoms with Crippen molar-refractivity contribution < 1.29 is 9.31 Å². The second-order valence-corrected chi connectivity index (χ2v) is 10.4. The molecule has 3 aliphatic rings. The first-order valence-corrected chi connectivity index (χ1v) is 12.9. The van der Waals surface area contributed by atoms with Gasteiger partial charge in [0.25, 0.3) is 0 Å². The van der Waals surface area contributed by atoms with Crippen molar-refractivity contribution in [3.8, 4) is 11.2 Å². The van der Waals surface area contributed by atoms with E-state index in [-0.39, 0.29) is 18.3 Å². The van der Waals surface area contributed by atoms with Crippen molar-refractivity contribution in [3.63, 3.8) is 0 Å². The number of rotatable bonds is 1. The van der Waals surface area contributed by atoms with Gasteiger partial charge in [-0.25, -0.2) is 0 Å². The van der Waals surface area contributed by atoms with E-state index in [1.54, 1.807) is 14.5 Å². The molecule has 1 heterocycles. The Morgan fingerprint density at radius 1 is 1.15 bits per heavy atom. The average Bonchev–Trinajstić information content (AvgIpc) is 3.00. The third-order valence-electron chi connectivity index (χ3n) is 6.86. The van der Waals surface area contributed by atoms with Crippen molar-refractivity contribution >= 4 is 37.3 Å². The van der Waals surface area contributed by atoms with E-state index in [0.717, 1.165) is 0 Å². The Hall–Kier alpha value is 0.105. The summed E-state index contributed by atoms with van der Waals surface area (Å²) in [6, 6.07) is 0. The van der Waals surface area contributed by atoms with E-state index in [0.29, 0.717) is 17.3 Å². The topological polar surface area (TPSA) is 18.5 Å². The number of allylic oxidation sites excluding steroid dienone is 1. The van der Waals surface area contributed by atoms with Gasteiger partial charge in [-0.15, -0.1) is 13.2 Å². The summed E-state index contributed by atoms with van der Waals surface area (Å²) in [4.78, 5) is 0. The Morgan fingerprint density at radius 3 is 2.35 bits per heavy atom. The van der Waals surface area contributed by atoms with Crippen LogP contribution in [0.3, 0.4) is 0 Å². The minimum Gasteiger partial charge on any atom is -0.400 e. The first-order valence-electron chi connectivity index (χ1n) is 9.54. The molecule has 144 valence electrons. The zero-order valence-corrected chi connectivity index (χ0v) is 19.8. The first-order chi connectivity index (χ1) is 12.2. The van der Waals surface area contributed by atoms with Gasteiger partial charge in [-0.2, -0.15) is 0 Å². The van der Waals surface area contributed by atoms with Crippen molar-refractivity contribution in [2.75, 3.05) is 0 Å². The van der Waals surface area contributed by atoms with E-state index < -0.39 is 0 Å². The maximum absolute atomic E-state index is 6.21. The van der Waals surface area contributed by atoms with Gasteiger partial charge in [-0.05, 0) is 85.3 Å². The SMILES string of the molecule is C=C.CC12CCC/C(=C\B3OC(C)(C)C(C)(C)O3)C1CCC2C#CSI. The fraction of sp³-hybridized carbons (Fsp3) is 0.714. The standard InChI is InChI=1S/C19H28BIO2S.C2H4/c1-17(2)18(3,4)23-20(22-17)13-14-7-6-11-19(5)15(10-12-24-21)8-9-16(14)19;1-2/h13,15-16H,6-9,11H2,1-5H3;1-2H2/b14-13+;. The third kappa shape index (κ3) is 4.24. The van der Waals surface area contributed by atoms with Crippen LogP contribution in [0.2, 0.25) is 0 Å². The summed E-state index contributed by atoms with van der Waals surface area (Å²) >= 11 is 2.27. The Labute approximate surface area is 177 Å². The lowest BCUT2D eigenvalue weighted by molar-refractivity contribution is 0.00578. The number of fused-ring (bicyclic) bond motifs is 1. The summed E-state index contributed by atoms with van der Waals surface area (Å²) in [5, 5.41) is 3.24. The summed E-state index contributed by atoms with van der Waals surface area (Å²) < 4.78 is 12.4. The summed E-state index contributed by atoms with van der Waals surface area (Å²) in [5.41, 5.74) is 1.36. The van der Waals surface area contributed by atoms with Crippen LogP contribution in [0, 0.1) is 28.4 Å². The predicted molar refractivity (Wildman–Crippen MR) is 123 cm³/mol. The van der Waals surface area contributed by atoms with Gasteiger partial charge in [0.15, 0.2) is 0 Å². The van der Waals surface area contributed by atoms with Gasteiger partial charge in [0, 0.05) is 27.1 Å². The average molecular weight is 486 g/mol. The molecule has 0 spiro atoms. The molecule has 26 heavy (non-hydrogen) atoms. The van der Waals surface area contributed by atoms with Crippen LogP contribution in [-0.4, -0.2) is 18.3 Å². The molecule has 3 fully saturated rings. The van der Waals surface area contributed by atoms with Crippen molar-refractivity contribution in [1.82, 2.24) is 0 Å². The normalized spacial score (nSPS) is 35.9. The first kappa shape index (κ1) is 22.4. The highest BCUT2D eigenvalue weighted by Crippen LogP contribution is 2.57. The van der Waals surface area contributed by atoms with Crippen molar-refractivity contribution in [2.45, 2.75) is 77.9 Å². The Bertz CT molecular complexity index is 591. The second kappa shape index (κ2) is 8.63. The zero-order valence-electron chi connectivity index (χ0n) is 16.9. The molecule has 0 bridgehead atoms. The molecule has 0 N–H and O–H groups in total. The number of halogens is 1. The molecule has 0 aromatic rings. The van der Waals surface area contributed by atoms with E-state index in [1.807, 2.05) is 0 Å². The van der Waals surface area contributed by atoms with Crippen LogP contribution in [0.1, 0.15) is 66.7 Å². The van der Waals surface area contributed by atoms with Crippen LogP contribution in [0.25, 0.3) is 0 Å². The molecular formula is C21H32BIO2S. The monoisotopic (exact) mass is 486 g/mol. The van der Waals surface area contributed by atoms with E-state index in [4.69, 9.17) is 9.31 Å². The van der Waals surface area contributed by atoms with Crippen molar-refractivity contribution in [2.24, 2.45) is 17.3 Å². The fourth-order valence-corrected chi connectivity index (χ4v) is 5.27. The fourth-order valence-electron chi connectivity index (χ4n) is 4.70. The van der Waals surface area contributed by atoms with Gasteiger partial charge in [-0.3, -0.25) is 0 Å². The lowest BCUT2D eigenvalue weighted by Gasteiger charge is -2.41. The molecule has 2 saturated carbocycles. The molecule has 1 aliphatic heterocycles. The molecular weight excluding hydrogens is 454 g/mol. The smallest absolute Gasteiger partial charge is 0.400 e. The molecule has 0 amide bonds. The van der Waals surface area contributed by atoms with Gasteiger partial charge in [0.05, 0.1) is 11.2 Å². The van der Waals surface area contributed by atoms with E-state index in [9.17, 15) is 0 Å². The second-order valence-electron chi connectivity index (χ2n) is 8.73. The van der Waals surface area contributed by atoms with Crippen LogP contribution in [-0.2, 0) is 9.31 Å². The Balaban J connectivity index is 0.00000117. The lowest BCUT2D eigenvalue weighted by Crippen LogP contribution is -2.41. The summed E-state index contributed by atoms with van der Waals surface area (Å²) in [5.74, 6) is 7.00. The molecule has 3 rings (SSSR count). The lowest BCUT2D eigenvalue weighted by atomic mass is 9.62. The van der Waals surface area contributed by atoms with E-state index in [2.05, 4.69) is 86.1 Å². The predicted octanol–water partition coefficient (Wildman–Crippen LogP) is 6.61. The molecule has 0 radical (unpaired) electrons. The summed E-state index contributed by atoms with van der Waals surface area (Å²) in [6.07, 6.45) is 6.22. The van der Waals surface area contributed by atoms with Gasteiger partial charge < -0.3 is 9.31 Å². The third-order valence-corrected chi connectivity index (χ3v) is 7.71. The minimum atomic E-state index is -0.256. The molecule has 0 aromatic heterocycles. The van der Waals surface area contributed by atoms with Crippen LogP contribution in [0.4, 0.5) is 0 Å². The highest BCUT2D eigenvalue weighted by Gasteiger charge is 2.52. The van der Waals surface area contributed by atoms with Gasteiger partial charge in [0.2, 0.25) is 0 Å². The highest BCUT2D eigenvalue weighted by atomic mass is 127. The van der Waals surface area contributed by atoms with Gasteiger partial charge in [-0.1, -0.05) is 24.4 Å². The Morgan fingerprint density at radius 2 is 1.77 bits per heavy atom. The van der Waals surface area contributed by atoms with Crippen LogP contribution in [0.5, 0.6) is 0 Å². The minimum absolute atomic E-state index is 0.206. The van der Waals surface area contributed by atoms with Crippen molar-refractivity contribution in [1.29, 1.82) is 0 Å². The molecule has 1 saturated heterocycles. The van der Waals surface area contributed by atoms with E-state index >= 15 is 0 Å². The van der Waals surface area contributed by atoms with Crippen molar-refractivity contribution in [3.05, 3.63) is 24.7 Å². The molecule has 2 aliphatic carbocycles. The van der Waals surface area contributed by atoms with Crippen LogP contribution in [0.15, 0.2) is 24.7 Å². The number of hydrogen-bond acceptors (Lipinski definition) is 3.